The average molecular weight is 252 g/mol. The average Bonchev–Trinajstić information content (AvgIpc) is 2.22. The molecule has 1 aliphatic rings. The van der Waals surface area contributed by atoms with Gasteiger partial charge in [-0.3, -0.25) is 0 Å². The van der Waals surface area contributed by atoms with Crippen LogP contribution in [0.2, 0.25) is 0 Å². The predicted octanol–water partition coefficient (Wildman–Crippen LogP) is -2.99. The van der Waals surface area contributed by atoms with Crippen LogP contribution in [0.5, 0.6) is 0 Å². The van der Waals surface area contributed by atoms with Crippen molar-refractivity contribution in [3.8, 4) is 0 Å². The molecule has 1 saturated heterocycles. The van der Waals surface area contributed by atoms with E-state index in [0.29, 0.717) is 0 Å². The fourth-order valence-corrected chi connectivity index (χ4v) is 1.65. The molecular weight excluding hydrogens is 236 g/mol. The van der Waals surface area contributed by atoms with Gasteiger partial charge in [-0.1, -0.05) is 0 Å². The molecule has 0 bridgehead atoms. The second-order valence-corrected chi connectivity index (χ2v) is 4.17. The number of ether oxygens (including phenoxy) is 1. The quantitative estimate of drug-likeness (QED) is 0.311. The SMILES string of the molecule is CC(O)C(O)C1OC(O)(C(=O)O)CC(O)[C@@H]1O. The molecule has 6 atom stereocenters. The van der Waals surface area contributed by atoms with Gasteiger partial charge in [-0.25, -0.2) is 4.79 Å². The highest BCUT2D eigenvalue weighted by atomic mass is 16.7. The summed E-state index contributed by atoms with van der Waals surface area (Å²) in [4.78, 5) is 10.8. The fourth-order valence-electron chi connectivity index (χ4n) is 1.65. The molecule has 8 heteroatoms. The molecule has 1 aliphatic heterocycles. The molecule has 1 heterocycles. The Morgan fingerprint density at radius 1 is 1.41 bits per heavy atom. The summed E-state index contributed by atoms with van der Waals surface area (Å²) in [5, 5.41) is 55.9. The van der Waals surface area contributed by atoms with Crippen LogP contribution in [-0.2, 0) is 9.53 Å². The van der Waals surface area contributed by atoms with Gasteiger partial charge in [0, 0.05) is 6.42 Å². The number of aliphatic hydroxyl groups is 5. The lowest BCUT2D eigenvalue weighted by atomic mass is 9.91. The summed E-state index contributed by atoms with van der Waals surface area (Å²) in [6, 6.07) is 0. The minimum absolute atomic E-state index is 0.730. The molecule has 0 spiro atoms. The van der Waals surface area contributed by atoms with E-state index in [2.05, 4.69) is 4.74 Å². The molecule has 17 heavy (non-hydrogen) atoms. The lowest BCUT2D eigenvalue weighted by molar-refractivity contribution is -0.311. The number of carbonyl (C=O) groups is 1. The van der Waals surface area contributed by atoms with Gasteiger partial charge < -0.3 is 35.4 Å². The zero-order chi connectivity index (χ0) is 13.4. The van der Waals surface area contributed by atoms with Crippen LogP contribution < -0.4 is 0 Å². The van der Waals surface area contributed by atoms with E-state index in [1.807, 2.05) is 0 Å². The summed E-state index contributed by atoms with van der Waals surface area (Å²) in [5.41, 5.74) is 0. The summed E-state index contributed by atoms with van der Waals surface area (Å²) < 4.78 is 4.68. The standard InChI is InChI=1S/C9H16O8/c1-3(10)5(12)7-6(13)4(11)2-9(16,17-7)8(14)15/h3-7,10-13,16H,2H2,1H3,(H,14,15)/t3?,4?,5?,6-,7?,9?/m0/s1. The van der Waals surface area contributed by atoms with E-state index in [1.165, 1.54) is 6.92 Å². The summed E-state index contributed by atoms with van der Waals surface area (Å²) in [5.74, 6) is -4.44. The first kappa shape index (κ1) is 14.3. The first-order valence-electron chi connectivity index (χ1n) is 5.05. The van der Waals surface area contributed by atoms with E-state index in [1.54, 1.807) is 0 Å². The zero-order valence-corrected chi connectivity index (χ0v) is 9.09. The molecule has 0 radical (unpaired) electrons. The normalized spacial score (nSPS) is 41.9. The first-order valence-corrected chi connectivity index (χ1v) is 5.05. The van der Waals surface area contributed by atoms with Gasteiger partial charge in [0.15, 0.2) is 0 Å². The summed E-state index contributed by atoms with van der Waals surface area (Å²) in [6.07, 6.45) is -8.46. The molecule has 6 N–H and O–H groups in total. The minimum atomic E-state index is -2.70. The number of carboxylic acid groups (broad SMARTS) is 1. The van der Waals surface area contributed by atoms with E-state index in [0.717, 1.165) is 0 Å². The van der Waals surface area contributed by atoms with Crippen LogP contribution in [0.1, 0.15) is 13.3 Å². The van der Waals surface area contributed by atoms with Gasteiger partial charge in [0.2, 0.25) is 0 Å². The van der Waals surface area contributed by atoms with E-state index < -0.39 is 48.7 Å². The number of aliphatic hydroxyl groups excluding tert-OH is 4. The minimum Gasteiger partial charge on any atom is -0.477 e. The topological polar surface area (TPSA) is 148 Å². The van der Waals surface area contributed by atoms with Crippen LogP contribution in [0, 0.1) is 0 Å². The number of aliphatic carboxylic acids is 1. The van der Waals surface area contributed by atoms with Gasteiger partial charge in [0.25, 0.3) is 5.79 Å². The Bertz CT molecular complexity index is 289. The van der Waals surface area contributed by atoms with Gasteiger partial charge in [-0.2, -0.15) is 0 Å². The van der Waals surface area contributed by atoms with Crippen molar-refractivity contribution in [2.24, 2.45) is 0 Å². The molecule has 100 valence electrons. The van der Waals surface area contributed by atoms with Crippen LogP contribution in [0.25, 0.3) is 0 Å². The highest BCUT2D eigenvalue weighted by Crippen LogP contribution is 2.30. The molecule has 0 aliphatic carbocycles. The third-order valence-electron chi connectivity index (χ3n) is 2.71. The van der Waals surface area contributed by atoms with Crippen molar-refractivity contribution in [3.63, 3.8) is 0 Å². The predicted molar refractivity (Wildman–Crippen MR) is 51.8 cm³/mol. The first-order chi connectivity index (χ1) is 7.69. The van der Waals surface area contributed by atoms with Crippen molar-refractivity contribution < 1.29 is 40.2 Å². The van der Waals surface area contributed by atoms with Crippen molar-refractivity contribution in [1.82, 2.24) is 0 Å². The van der Waals surface area contributed by atoms with Crippen molar-refractivity contribution in [1.29, 1.82) is 0 Å². The Morgan fingerprint density at radius 2 is 1.94 bits per heavy atom. The largest absolute Gasteiger partial charge is 0.477 e. The Hall–Kier alpha value is -0.770. The lowest BCUT2D eigenvalue weighted by Gasteiger charge is -2.42. The second-order valence-electron chi connectivity index (χ2n) is 4.17. The Balaban J connectivity index is 2.93. The van der Waals surface area contributed by atoms with Crippen LogP contribution in [0.3, 0.4) is 0 Å². The lowest BCUT2D eigenvalue weighted by Crippen LogP contribution is -2.62. The molecule has 0 saturated carbocycles. The van der Waals surface area contributed by atoms with Gasteiger partial charge in [0.1, 0.15) is 18.3 Å². The van der Waals surface area contributed by atoms with Crippen LogP contribution in [0.15, 0.2) is 0 Å². The molecule has 0 aromatic carbocycles. The molecule has 0 aromatic heterocycles. The molecule has 0 amide bonds. The summed E-state index contributed by atoms with van der Waals surface area (Å²) in [7, 11) is 0. The Morgan fingerprint density at radius 3 is 2.35 bits per heavy atom. The van der Waals surface area contributed by atoms with Gasteiger partial charge in [0.05, 0.1) is 12.2 Å². The zero-order valence-electron chi connectivity index (χ0n) is 9.09. The smallest absolute Gasteiger partial charge is 0.364 e. The maximum atomic E-state index is 10.8. The van der Waals surface area contributed by atoms with Crippen LogP contribution in [-0.4, -0.2) is 72.9 Å². The van der Waals surface area contributed by atoms with Crippen molar-refractivity contribution in [3.05, 3.63) is 0 Å². The van der Waals surface area contributed by atoms with Gasteiger partial charge in [-0.15, -0.1) is 0 Å². The monoisotopic (exact) mass is 252 g/mol. The highest BCUT2D eigenvalue weighted by Gasteiger charge is 2.52. The third-order valence-corrected chi connectivity index (χ3v) is 2.71. The van der Waals surface area contributed by atoms with Crippen molar-refractivity contribution in [2.75, 3.05) is 0 Å². The molecule has 0 aromatic rings. The molecular formula is C9H16O8. The van der Waals surface area contributed by atoms with Crippen LogP contribution in [0.4, 0.5) is 0 Å². The van der Waals surface area contributed by atoms with E-state index in [-0.39, 0.29) is 0 Å². The number of hydrogen-bond acceptors (Lipinski definition) is 7. The van der Waals surface area contributed by atoms with Crippen molar-refractivity contribution >= 4 is 5.97 Å². The van der Waals surface area contributed by atoms with E-state index in [9.17, 15) is 25.2 Å². The molecule has 1 rings (SSSR count). The molecule has 1 fully saturated rings. The highest BCUT2D eigenvalue weighted by molar-refractivity contribution is 5.75. The number of carboxylic acids is 1. The fraction of sp³-hybridized carbons (Fsp3) is 0.889. The van der Waals surface area contributed by atoms with Gasteiger partial charge >= 0.3 is 5.97 Å². The van der Waals surface area contributed by atoms with Crippen LogP contribution >= 0.6 is 0 Å². The second kappa shape index (κ2) is 4.84. The molecule has 8 nitrogen and oxygen atoms in total. The maximum absolute atomic E-state index is 10.8. The Labute approximate surface area is 96.7 Å². The molecule has 5 unspecified atom stereocenters. The van der Waals surface area contributed by atoms with Gasteiger partial charge in [-0.05, 0) is 6.92 Å². The number of rotatable bonds is 3. The maximum Gasteiger partial charge on any atom is 0.364 e. The van der Waals surface area contributed by atoms with E-state index >= 15 is 0 Å². The Kier molecular flexibility index (Phi) is 4.07. The number of hydrogen-bond donors (Lipinski definition) is 6. The third kappa shape index (κ3) is 2.73. The summed E-state index contributed by atoms with van der Waals surface area (Å²) in [6.45, 7) is 1.20. The van der Waals surface area contributed by atoms with Crippen molar-refractivity contribution in [2.45, 2.75) is 49.7 Å². The summed E-state index contributed by atoms with van der Waals surface area (Å²) >= 11 is 0. The van der Waals surface area contributed by atoms with E-state index in [4.69, 9.17) is 10.2 Å².